The van der Waals surface area contributed by atoms with Crippen molar-refractivity contribution < 1.29 is 0 Å². The highest BCUT2D eigenvalue weighted by molar-refractivity contribution is 5.77. The van der Waals surface area contributed by atoms with Crippen LogP contribution in [0.5, 0.6) is 0 Å². The van der Waals surface area contributed by atoms with Crippen molar-refractivity contribution in [2.75, 3.05) is 0 Å². The number of nitrogens with zero attached hydrogens (tertiary/aromatic N) is 3. The van der Waals surface area contributed by atoms with E-state index in [2.05, 4.69) is 50.0 Å². The van der Waals surface area contributed by atoms with Crippen LogP contribution in [0, 0.1) is 0 Å². The summed E-state index contributed by atoms with van der Waals surface area (Å²) in [5.74, 6) is 0.492. The molecule has 0 aliphatic rings. The van der Waals surface area contributed by atoms with Crippen LogP contribution in [0.25, 0.3) is 11.0 Å². The van der Waals surface area contributed by atoms with E-state index in [1.807, 2.05) is 6.07 Å². The predicted octanol–water partition coefficient (Wildman–Crippen LogP) is 3.14. The molecule has 0 saturated heterocycles. The van der Waals surface area contributed by atoms with Crippen molar-refractivity contribution >= 4 is 11.0 Å². The molecule has 1 heterocycles. The molecule has 0 N–H and O–H groups in total. The van der Waals surface area contributed by atoms with Crippen LogP contribution < -0.4 is 0 Å². The Morgan fingerprint density at radius 2 is 1.80 bits per heavy atom. The third-order valence-electron chi connectivity index (χ3n) is 2.54. The van der Waals surface area contributed by atoms with Crippen molar-refractivity contribution in [2.45, 2.75) is 39.7 Å². The van der Waals surface area contributed by atoms with Crippen molar-refractivity contribution in [3.63, 3.8) is 0 Å². The van der Waals surface area contributed by atoms with Gasteiger partial charge in [-0.2, -0.15) is 15.0 Å². The van der Waals surface area contributed by atoms with Crippen LogP contribution in [-0.4, -0.2) is 15.0 Å². The van der Waals surface area contributed by atoms with Gasteiger partial charge in [-0.25, -0.2) is 0 Å². The van der Waals surface area contributed by atoms with Crippen molar-refractivity contribution in [3.8, 4) is 0 Å². The summed E-state index contributed by atoms with van der Waals surface area (Å²) in [4.78, 5) is 1.79. The molecule has 1 aromatic carbocycles. The van der Waals surface area contributed by atoms with Gasteiger partial charge in [0.05, 0.1) is 6.04 Å². The number of hydrogen-bond donors (Lipinski definition) is 0. The fraction of sp³-hybridized carbons (Fsp3) is 0.500. The summed E-state index contributed by atoms with van der Waals surface area (Å²) in [7, 11) is 0. The first-order chi connectivity index (χ1) is 7.09. The van der Waals surface area contributed by atoms with E-state index in [-0.39, 0.29) is 0 Å². The van der Waals surface area contributed by atoms with Gasteiger partial charge in [0.25, 0.3) is 0 Å². The fourth-order valence-electron chi connectivity index (χ4n) is 1.67. The summed E-state index contributed by atoms with van der Waals surface area (Å²) >= 11 is 0. The normalized spacial score (nSPS) is 11.9. The zero-order valence-corrected chi connectivity index (χ0v) is 9.73. The van der Waals surface area contributed by atoms with Crippen LogP contribution in [-0.2, 0) is 0 Å². The molecule has 15 heavy (non-hydrogen) atoms. The second kappa shape index (κ2) is 3.65. The quantitative estimate of drug-likeness (QED) is 0.750. The summed E-state index contributed by atoms with van der Waals surface area (Å²) in [5, 5.41) is 9.00. The Bertz CT molecular complexity index is 469. The Kier molecular flexibility index (Phi) is 2.47. The number of hydrogen-bond acceptors (Lipinski definition) is 2. The minimum absolute atomic E-state index is 0.317. The standard InChI is InChI=1S/C12H17N3/c1-8(2)10-6-5-7-11-12(10)14-15(13-11)9(3)4/h5-9H,1-4H3. The van der Waals surface area contributed by atoms with Gasteiger partial charge >= 0.3 is 0 Å². The van der Waals surface area contributed by atoms with E-state index in [0.29, 0.717) is 12.0 Å². The van der Waals surface area contributed by atoms with E-state index in [4.69, 9.17) is 0 Å². The van der Waals surface area contributed by atoms with Gasteiger partial charge < -0.3 is 0 Å². The molecule has 3 nitrogen and oxygen atoms in total. The van der Waals surface area contributed by atoms with Crippen LogP contribution >= 0.6 is 0 Å². The van der Waals surface area contributed by atoms with Gasteiger partial charge in [-0.15, -0.1) is 0 Å². The Hall–Kier alpha value is -1.38. The lowest BCUT2D eigenvalue weighted by Gasteiger charge is -2.04. The Morgan fingerprint density at radius 3 is 2.40 bits per heavy atom. The highest BCUT2D eigenvalue weighted by atomic mass is 15.5. The summed E-state index contributed by atoms with van der Waals surface area (Å²) < 4.78 is 0. The van der Waals surface area contributed by atoms with Gasteiger partial charge in [0.2, 0.25) is 0 Å². The van der Waals surface area contributed by atoms with Gasteiger partial charge in [-0.1, -0.05) is 26.0 Å². The highest BCUT2D eigenvalue weighted by Crippen LogP contribution is 2.23. The molecule has 80 valence electrons. The molecular weight excluding hydrogens is 186 g/mol. The largest absolute Gasteiger partial charge is 0.181 e. The molecule has 0 aliphatic heterocycles. The van der Waals surface area contributed by atoms with Crippen LogP contribution in [0.2, 0.25) is 0 Å². The van der Waals surface area contributed by atoms with Gasteiger partial charge in [0.15, 0.2) is 0 Å². The van der Waals surface area contributed by atoms with Gasteiger partial charge in [0.1, 0.15) is 11.0 Å². The third kappa shape index (κ3) is 1.74. The molecule has 2 aromatic rings. The molecule has 0 spiro atoms. The lowest BCUT2D eigenvalue weighted by Crippen LogP contribution is -2.04. The second-order valence-electron chi connectivity index (χ2n) is 4.48. The zero-order valence-electron chi connectivity index (χ0n) is 9.73. The molecule has 2 rings (SSSR count). The first-order valence-electron chi connectivity index (χ1n) is 5.45. The van der Waals surface area contributed by atoms with E-state index in [1.54, 1.807) is 4.80 Å². The van der Waals surface area contributed by atoms with Crippen molar-refractivity contribution in [1.29, 1.82) is 0 Å². The van der Waals surface area contributed by atoms with Crippen molar-refractivity contribution in [2.24, 2.45) is 0 Å². The molecule has 0 saturated carbocycles. The second-order valence-corrected chi connectivity index (χ2v) is 4.48. The molecule has 0 unspecified atom stereocenters. The maximum absolute atomic E-state index is 4.54. The molecule has 0 bridgehead atoms. The Balaban J connectivity index is 2.64. The number of rotatable bonds is 2. The van der Waals surface area contributed by atoms with Gasteiger partial charge in [-0.05, 0) is 31.4 Å². The van der Waals surface area contributed by atoms with E-state index in [9.17, 15) is 0 Å². The minimum atomic E-state index is 0.317. The van der Waals surface area contributed by atoms with Crippen LogP contribution in [0.4, 0.5) is 0 Å². The number of fused-ring (bicyclic) bond motifs is 1. The Morgan fingerprint density at radius 1 is 1.07 bits per heavy atom. The SMILES string of the molecule is CC(C)c1cccc2nn(C(C)C)nc12. The highest BCUT2D eigenvalue weighted by Gasteiger charge is 2.10. The van der Waals surface area contributed by atoms with Gasteiger partial charge in [-0.3, -0.25) is 0 Å². The maximum atomic E-state index is 4.54. The van der Waals surface area contributed by atoms with Crippen LogP contribution in [0.15, 0.2) is 18.2 Å². The molecule has 1 aromatic heterocycles. The van der Waals surface area contributed by atoms with Crippen molar-refractivity contribution in [1.82, 2.24) is 15.0 Å². The first-order valence-corrected chi connectivity index (χ1v) is 5.45. The van der Waals surface area contributed by atoms with Crippen molar-refractivity contribution in [3.05, 3.63) is 23.8 Å². The lowest BCUT2D eigenvalue weighted by atomic mass is 10.0. The van der Waals surface area contributed by atoms with E-state index < -0.39 is 0 Å². The zero-order chi connectivity index (χ0) is 11.0. The molecule has 0 radical (unpaired) electrons. The molecule has 0 fully saturated rings. The van der Waals surface area contributed by atoms with Gasteiger partial charge in [0, 0.05) is 0 Å². The molecule has 3 heteroatoms. The number of benzene rings is 1. The average Bonchev–Trinajstić information content (AvgIpc) is 2.60. The predicted molar refractivity (Wildman–Crippen MR) is 62.0 cm³/mol. The summed E-state index contributed by atoms with van der Waals surface area (Å²) in [6.45, 7) is 8.55. The molecule has 0 aliphatic carbocycles. The van der Waals surface area contributed by atoms with E-state index >= 15 is 0 Å². The summed E-state index contributed by atoms with van der Waals surface area (Å²) in [5.41, 5.74) is 3.32. The molecule has 0 amide bonds. The smallest absolute Gasteiger partial charge is 0.116 e. The third-order valence-corrected chi connectivity index (χ3v) is 2.54. The Labute approximate surface area is 90.1 Å². The van der Waals surface area contributed by atoms with E-state index in [0.717, 1.165) is 11.0 Å². The topological polar surface area (TPSA) is 30.7 Å². The summed E-state index contributed by atoms with van der Waals surface area (Å²) in [6, 6.07) is 6.52. The molecular formula is C12H17N3. The first kappa shape index (κ1) is 10.1. The lowest BCUT2D eigenvalue weighted by molar-refractivity contribution is 0.472. The fourth-order valence-corrected chi connectivity index (χ4v) is 1.67. The average molecular weight is 203 g/mol. The monoisotopic (exact) mass is 203 g/mol. The minimum Gasteiger partial charge on any atom is -0.181 e. The maximum Gasteiger partial charge on any atom is 0.116 e. The number of aromatic nitrogens is 3. The van der Waals surface area contributed by atoms with E-state index in [1.165, 1.54) is 5.56 Å². The summed E-state index contributed by atoms with van der Waals surface area (Å²) in [6.07, 6.45) is 0. The van der Waals surface area contributed by atoms with Crippen LogP contribution in [0.3, 0.4) is 0 Å². The molecule has 0 atom stereocenters. The van der Waals surface area contributed by atoms with Crippen LogP contribution in [0.1, 0.15) is 45.2 Å².